The summed E-state index contributed by atoms with van der Waals surface area (Å²) in [5.74, 6) is -1.27. The van der Waals surface area contributed by atoms with Gasteiger partial charge in [0.2, 0.25) is 0 Å². The number of benzene rings is 1. The molecule has 2 N–H and O–H groups in total. The van der Waals surface area contributed by atoms with Crippen LogP contribution in [0, 0.1) is 5.92 Å². The molecule has 96 valence electrons. The summed E-state index contributed by atoms with van der Waals surface area (Å²) in [5, 5.41) is 9.19. The molecule has 2 rings (SSSR count). The predicted molar refractivity (Wildman–Crippen MR) is 69.3 cm³/mol. The summed E-state index contributed by atoms with van der Waals surface area (Å²) in [6.45, 7) is 1.73. The molecular weight excluding hydrogens is 230 g/mol. The fourth-order valence-electron chi connectivity index (χ4n) is 2.31. The monoisotopic (exact) mass is 247 g/mol. The van der Waals surface area contributed by atoms with E-state index >= 15 is 0 Å². The van der Waals surface area contributed by atoms with Crippen molar-refractivity contribution in [3.05, 3.63) is 30.1 Å². The van der Waals surface area contributed by atoms with Crippen LogP contribution in [0.15, 0.2) is 24.5 Å². The molecule has 0 fully saturated rings. The van der Waals surface area contributed by atoms with Crippen molar-refractivity contribution in [1.29, 1.82) is 0 Å². The molecule has 1 aromatic heterocycles. The Balaban J connectivity index is 2.44. The maximum atomic E-state index is 11.2. The lowest BCUT2D eigenvalue weighted by molar-refractivity contribution is -0.143. The van der Waals surface area contributed by atoms with Crippen molar-refractivity contribution >= 4 is 17.0 Å². The van der Waals surface area contributed by atoms with Gasteiger partial charge in [-0.1, -0.05) is 13.0 Å². The molecule has 0 bridgehead atoms. The Hall–Kier alpha value is -1.88. The number of imidazole rings is 1. The summed E-state index contributed by atoms with van der Waals surface area (Å²) in [5.41, 5.74) is 2.79. The van der Waals surface area contributed by atoms with Gasteiger partial charge in [0.25, 0.3) is 0 Å². The van der Waals surface area contributed by atoms with Crippen LogP contribution in [0.5, 0.6) is 0 Å². The van der Waals surface area contributed by atoms with Gasteiger partial charge in [0.05, 0.1) is 23.3 Å². The predicted octanol–water partition coefficient (Wildman–Crippen LogP) is 1.89. The SMILES string of the molecule is CC(C(=O)O)C(c1ccc2nc[nH]c2c1)N(C)C. The number of fused-ring (bicyclic) bond motifs is 1. The van der Waals surface area contributed by atoms with Crippen molar-refractivity contribution in [3.63, 3.8) is 0 Å². The van der Waals surface area contributed by atoms with E-state index in [0.29, 0.717) is 0 Å². The fourth-order valence-corrected chi connectivity index (χ4v) is 2.31. The molecule has 18 heavy (non-hydrogen) atoms. The first-order valence-electron chi connectivity index (χ1n) is 5.83. The van der Waals surface area contributed by atoms with Gasteiger partial charge in [-0.3, -0.25) is 4.79 Å². The lowest BCUT2D eigenvalue weighted by Gasteiger charge is -2.28. The molecule has 5 nitrogen and oxygen atoms in total. The van der Waals surface area contributed by atoms with Crippen LogP contribution in [0.1, 0.15) is 18.5 Å². The van der Waals surface area contributed by atoms with Crippen molar-refractivity contribution < 1.29 is 9.90 Å². The van der Waals surface area contributed by atoms with E-state index in [9.17, 15) is 9.90 Å². The van der Waals surface area contributed by atoms with E-state index in [4.69, 9.17) is 0 Å². The van der Waals surface area contributed by atoms with Gasteiger partial charge < -0.3 is 15.0 Å². The molecular formula is C13H17N3O2. The third-order valence-corrected chi connectivity index (χ3v) is 3.21. The third kappa shape index (κ3) is 2.22. The normalized spacial score (nSPS) is 14.9. The van der Waals surface area contributed by atoms with Crippen LogP contribution in [0.25, 0.3) is 11.0 Å². The Morgan fingerprint density at radius 1 is 1.44 bits per heavy atom. The van der Waals surface area contributed by atoms with E-state index in [1.54, 1.807) is 13.3 Å². The summed E-state index contributed by atoms with van der Waals surface area (Å²) < 4.78 is 0. The smallest absolute Gasteiger partial charge is 0.308 e. The number of hydrogen-bond acceptors (Lipinski definition) is 3. The standard InChI is InChI=1S/C13H17N3O2/c1-8(13(17)18)12(16(2)3)9-4-5-10-11(6-9)15-7-14-10/h4-8,12H,1-3H3,(H,14,15)(H,17,18). The molecule has 0 spiro atoms. The quantitative estimate of drug-likeness (QED) is 0.865. The number of carbonyl (C=O) groups is 1. The lowest BCUT2D eigenvalue weighted by atomic mass is 9.93. The van der Waals surface area contributed by atoms with Gasteiger partial charge in [-0.25, -0.2) is 4.98 Å². The second-order valence-corrected chi connectivity index (χ2v) is 4.71. The number of hydrogen-bond donors (Lipinski definition) is 2. The molecule has 1 heterocycles. The van der Waals surface area contributed by atoms with Crippen molar-refractivity contribution in [2.75, 3.05) is 14.1 Å². The van der Waals surface area contributed by atoms with E-state index in [1.165, 1.54) is 0 Å². The van der Waals surface area contributed by atoms with Gasteiger partial charge >= 0.3 is 5.97 Å². The molecule has 2 unspecified atom stereocenters. The maximum absolute atomic E-state index is 11.2. The Kier molecular flexibility index (Phi) is 3.34. The molecule has 0 saturated carbocycles. The summed E-state index contributed by atoms with van der Waals surface area (Å²) in [6, 6.07) is 5.65. The zero-order valence-corrected chi connectivity index (χ0v) is 10.7. The van der Waals surface area contributed by atoms with Crippen molar-refractivity contribution in [1.82, 2.24) is 14.9 Å². The van der Waals surface area contributed by atoms with Crippen LogP contribution in [0.4, 0.5) is 0 Å². The number of aromatic amines is 1. The molecule has 0 aliphatic carbocycles. The minimum Gasteiger partial charge on any atom is -0.481 e. The highest BCUT2D eigenvalue weighted by Crippen LogP contribution is 2.28. The zero-order chi connectivity index (χ0) is 13.3. The van der Waals surface area contributed by atoms with Gasteiger partial charge in [0.15, 0.2) is 0 Å². The zero-order valence-electron chi connectivity index (χ0n) is 10.7. The Morgan fingerprint density at radius 2 is 2.17 bits per heavy atom. The van der Waals surface area contributed by atoms with Crippen LogP contribution in [-0.2, 0) is 4.79 Å². The Morgan fingerprint density at radius 3 is 2.78 bits per heavy atom. The average Bonchev–Trinajstić information content (AvgIpc) is 2.75. The van der Waals surface area contributed by atoms with E-state index in [-0.39, 0.29) is 6.04 Å². The number of rotatable bonds is 4. The minimum absolute atomic E-state index is 0.157. The fraction of sp³-hybridized carbons (Fsp3) is 0.385. The largest absolute Gasteiger partial charge is 0.481 e. The average molecular weight is 247 g/mol. The number of carboxylic acid groups (broad SMARTS) is 1. The second kappa shape index (κ2) is 4.78. The summed E-state index contributed by atoms with van der Waals surface area (Å²) in [4.78, 5) is 20.3. The summed E-state index contributed by atoms with van der Waals surface area (Å²) >= 11 is 0. The molecule has 0 amide bonds. The van der Waals surface area contributed by atoms with Crippen molar-refractivity contribution in [2.45, 2.75) is 13.0 Å². The van der Waals surface area contributed by atoms with Gasteiger partial charge in [-0.15, -0.1) is 0 Å². The summed E-state index contributed by atoms with van der Waals surface area (Å²) in [6.07, 6.45) is 1.64. The van der Waals surface area contributed by atoms with Gasteiger partial charge in [0, 0.05) is 6.04 Å². The number of nitrogens with zero attached hydrogens (tertiary/aromatic N) is 2. The first kappa shape index (κ1) is 12.6. The molecule has 0 saturated heterocycles. The van der Waals surface area contributed by atoms with Gasteiger partial charge in [-0.05, 0) is 31.8 Å². The molecule has 2 atom stereocenters. The van der Waals surface area contributed by atoms with Gasteiger partial charge in [0.1, 0.15) is 0 Å². The first-order chi connectivity index (χ1) is 8.50. The lowest BCUT2D eigenvalue weighted by Crippen LogP contribution is -2.30. The number of H-pyrrole nitrogens is 1. The number of aromatic nitrogens is 2. The van der Waals surface area contributed by atoms with E-state index in [2.05, 4.69) is 9.97 Å². The van der Waals surface area contributed by atoms with Crippen LogP contribution >= 0.6 is 0 Å². The highest BCUT2D eigenvalue weighted by atomic mass is 16.4. The molecule has 0 radical (unpaired) electrons. The highest BCUT2D eigenvalue weighted by molar-refractivity contribution is 5.76. The van der Waals surface area contributed by atoms with E-state index in [0.717, 1.165) is 16.6 Å². The number of carboxylic acids is 1. The minimum atomic E-state index is -0.793. The van der Waals surface area contributed by atoms with Crippen LogP contribution in [0.3, 0.4) is 0 Å². The second-order valence-electron chi connectivity index (χ2n) is 4.71. The van der Waals surface area contributed by atoms with Crippen LogP contribution in [0.2, 0.25) is 0 Å². The first-order valence-corrected chi connectivity index (χ1v) is 5.83. The Bertz CT molecular complexity index is 562. The molecule has 5 heteroatoms. The molecule has 0 aliphatic rings. The van der Waals surface area contributed by atoms with Crippen LogP contribution < -0.4 is 0 Å². The van der Waals surface area contributed by atoms with Crippen molar-refractivity contribution in [3.8, 4) is 0 Å². The van der Waals surface area contributed by atoms with E-state index < -0.39 is 11.9 Å². The molecule has 0 aliphatic heterocycles. The van der Waals surface area contributed by atoms with Crippen LogP contribution in [-0.4, -0.2) is 40.0 Å². The molecule has 1 aromatic carbocycles. The topological polar surface area (TPSA) is 69.2 Å². The Labute approximate surface area is 105 Å². The number of aliphatic carboxylic acids is 1. The maximum Gasteiger partial charge on any atom is 0.308 e. The summed E-state index contributed by atoms with van der Waals surface area (Å²) in [7, 11) is 3.78. The van der Waals surface area contributed by atoms with E-state index in [1.807, 2.05) is 37.2 Å². The van der Waals surface area contributed by atoms with Crippen molar-refractivity contribution in [2.24, 2.45) is 5.92 Å². The third-order valence-electron chi connectivity index (χ3n) is 3.21. The van der Waals surface area contributed by atoms with Gasteiger partial charge in [-0.2, -0.15) is 0 Å². The highest BCUT2D eigenvalue weighted by Gasteiger charge is 2.27. The molecule has 2 aromatic rings. The number of nitrogens with one attached hydrogen (secondary N) is 1.